The molecule has 0 atom stereocenters. The molecule has 3 rings (SSSR count). The number of rotatable bonds is 6. The fraction of sp³-hybridized carbons (Fsp3) is 0.571. The second-order valence-corrected chi connectivity index (χ2v) is 10.1. The van der Waals surface area contributed by atoms with Gasteiger partial charge in [-0.1, -0.05) is 26.0 Å². The molecule has 1 saturated heterocycles. The number of hydrogen-bond donors (Lipinski definition) is 0. The summed E-state index contributed by atoms with van der Waals surface area (Å²) in [6, 6.07) is 7.39. The Morgan fingerprint density at radius 3 is 2.14 bits per heavy atom. The van der Waals surface area contributed by atoms with Crippen LogP contribution in [0.5, 0.6) is 0 Å². The molecule has 0 bridgehead atoms. The number of aromatic nitrogens is 2. The molecule has 2 aromatic rings. The fourth-order valence-corrected chi connectivity index (χ4v) is 5.24. The van der Waals surface area contributed by atoms with Crippen molar-refractivity contribution in [2.75, 3.05) is 26.2 Å². The number of benzene rings is 1. The van der Waals surface area contributed by atoms with E-state index in [0.29, 0.717) is 23.9 Å². The summed E-state index contributed by atoms with van der Waals surface area (Å²) in [6.45, 7) is 11.8. The van der Waals surface area contributed by atoms with Crippen molar-refractivity contribution in [2.24, 2.45) is 13.0 Å². The van der Waals surface area contributed by atoms with Crippen LogP contribution in [-0.2, 0) is 30.0 Å². The van der Waals surface area contributed by atoms with E-state index in [9.17, 15) is 8.42 Å². The van der Waals surface area contributed by atoms with Gasteiger partial charge in [0.15, 0.2) is 0 Å². The third-order valence-corrected chi connectivity index (χ3v) is 7.49. The summed E-state index contributed by atoms with van der Waals surface area (Å²) in [6.07, 6.45) is 0.964. The normalized spacial score (nSPS) is 16.8. The van der Waals surface area contributed by atoms with E-state index in [-0.39, 0.29) is 0 Å². The summed E-state index contributed by atoms with van der Waals surface area (Å²) in [5.41, 5.74) is 4.66. The summed E-state index contributed by atoms with van der Waals surface area (Å²) < 4.78 is 29.5. The Bertz CT molecular complexity index is 909. The van der Waals surface area contributed by atoms with Gasteiger partial charge in [0.05, 0.1) is 10.6 Å². The first kappa shape index (κ1) is 21.0. The van der Waals surface area contributed by atoms with E-state index in [1.165, 1.54) is 16.8 Å². The molecular formula is C21H32N4O2S. The lowest BCUT2D eigenvalue weighted by molar-refractivity contribution is 0.181. The molecule has 0 amide bonds. The predicted molar refractivity (Wildman–Crippen MR) is 112 cm³/mol. The van der Waals surface area contributed by atoms with E-state index in [2.05, 4.69) is 30.8 Å². The molecule has 6 nitrogen and oxygen atoms in total. The zero-order chi connectivity index (χ0) is 20.5. The lowest BCUT2D eigenvalue weighted by atomic mass is 10.0. The number of aryl methyl sites for hydroxylation is 2. The van der Waals surface area contributed by atoms with E-state index >= 15 is 0 Å². The van der Waals surface area contributed by atoms with Crippen molar-refractivity contribution < 1.29 is 8.42 Å². The van der Waals surface area contributed by atoms with Gasteiger partial charge in [-0.2, -0.15) is 9.40 Å². The lowest BCUT2D eigenvalue weighted by Gasteiger charge is -2.34. The second kappa shape index (κ2) is 8.35. The SMILES string of the molecule is Cc1nn(C)c(C)c1CN1CCN(S(=O)(=O)c2ccc(CC(C)C)cc2)CC1. The van der Waals surface area contributed by atoms with Gasteiger partial charge in [-0.3, -0.25) is 9.58 Å². The molecule has 0 radical (unpaired) electrons. The summed E-state index contributed by atoms with van der Waals surface area (Å²) >= 11 is 0. The second-order valence-electron chi connectivity index (χ2n) is 8.20. The average Bonchev–Trinajstić information content (AvgIpc) is 2.88. The number of nitrogens with zero attached hydrogens (tertiary/aromatic N) is 4. The standard InChI is InChI=1S/C21H32N4O2S/c1-16(2)14-19-6-8-20(9-7-19)28(26,27)25-12-10-24(11-13-25)15-21-17(3)22-23(5)18(21)4/h6-9,16H,10-15H2,1-5H3. The van der Waals surface area contributed by atoms with Crippen molar-refractivity contribution in [3.8, 4) is 0 Å². The summed E-state index contributed by atoms with van der Waals surface area (Å²) in [4.78, 5) is 2.71. The molecule has 28 heavy (non-hydrogen) atoms. The van der Waals surface area contributed by atoms with E-state index in [4.69, 9.17) is 0 Å². The van der Waals surface area contributed by atoms with Gasteiger partial charge >= 0.3 is 0 Å². The molecule has 0 spiro atoms. The third kappa shape index (κ3) is 4.47. The van der Waals surface area contributed by atoms with Crippen LogP contribution in [0.4, 0.5) is 0 Å². The highest BCUT2D eigenvalue weighted by molar-refractivity contribution is 7.89. The van der Waals surface area contributed by atoms with Gasteiger partial charge in [0.25, 0.3) is 0 Å². The van der Waals surface area contributed by atoms with Gasteiger partial charge in [0.2, 0.25) is 10.0 Å². The van der Waals surface area contributed by atoms with Crippen molar-refractivity contribution in [2.45, 2.75) is 45.6 Å². The van der Waals surface area contributed by atoms with Crippen LogP contribution >= 0.6 is 0 Å². The molecule has 7 heteroatoms. The zero-order valence-corrected chi connectivity index (χ0v) is 18.5. The molecule has 0 saturated carbocycles. The summed E-state index contributed by atoms with van der Waals surface area (Å²) in [7, 11) is -1.46. The smallest absolute Gasteiger partial charge is 0.243 e. The molecule has 2 heterocycles. The van der Waals surface area contributed by atoms with Gasteiger partial charge in [-0.25, -0.2) is 8.42 Å². The topological polar surface area (TPSA) is 58.4 Å². The maximum atomic E-state index is 13.0. The van der Waals surface area contributed by atoms with Gasteiger partial charge < -0.3 is 0 Å². The Morgan fingerprint density at radius 2 is 1.64 bits per heavy atom. The monoisotopic (exact) mass is 404 g/mol. The van der Waals surface area contributed by atoms with Crippen LogP contribution in [0.15, 0.2) is 29.2 Å². The molecular weight excluding hydrogens is 372 g/mol. The van der Waals surface area contributed by atoms with Crippen molar-refractivity contribution >= 4 is 10.0 Å². The highest BCUT2D eigenvalue weighted by atomic mass is 32.2. The van der Waals surface area contributed by atoms with Crippen molar-refractivity contribution in [3.63, 3.8) is 0 Å². The van der Waals surface area contributed by atoms with Crippen LogP contribution in [0.1, 0.15) is 36.4 Å². The average molecular weight is 405 g/mol. The number of hydrogen-bond acceptors (Lipinski definition) is 4. The van der Waals surface area contributed by atoms with Crippen LogP contribution in [0.2, 0.25) is 0 Å². The Labute approximate surface area is 169 Å². The molecule has 0 aliphatic carbocycles. The molecule has 1 fully saturated rings. The van der Waals surface area contributed by atoms with E-state index < -0.39 is 10.0 Å². The maximum absolute atomic E-state index is 13.0. The van der Waals surface area contributed by atoms with Crippen LogP contribution in [0.25, 0.3) is 0 Å². The minimum Gasteiger partial charge on any atom is -0.296 e. The van der Waals surface area contributed by atoms with Crippen LogP contribution in [-0.4, -0.2) is 53.6 Å². The van der Waals surface area contributed by atoms with E-state index in [0.717, 1.165) is 31.7 Å². The molecule has 0 N–H and O–H groups in total. The van der Waals surface area contributed by atoms with Gasteiger partial charge in [-0.15, -0.1) is 0 Å². The zero-order valence-electron chi connectivity index (χ0n) is 17.6. The Hall–Kier alpha value is -1.70. The Balaban J connectivity index is 1.63. The Morgan fingerprint density at radius 1 is 1.04 bits per heavy atom. The van der Waals surface area contributed by atoms with E-state index in [1.807, 2.05) is 30.8 Å². The largest absolute Gasteiger partial charge is 0.296 e. The Kier molecular flexibility index (Phi) is 6.27. The van der Waals surface area contributed by atoms with E-state index in [1.54, 1.807) is 16.4 Å². The molecule has 1 aliphatic rings. The summed E-state index contributed by atoms with van der Waals surface area (Å²) in [5.74, 6) is 0.558. The number of piperazine rings is 1. The van der Waals surface area contributed by atoms with Crippen molar-refractivity contribution in [3.05, 3.63) is 46.8 Å². The van der Waals surface area contributed by atoms with Crippen LogP contribution < -0.4 is 0 Å². The lowest BCUT2D eigenvalue weighted by Crippen LogP contribution is -2.48. The molecule has 1 aromatic carbocycles. The first-order chi connectivity index (χ1) is 13.2. The third-order valence-electron chi connectivity index (χ3n) is 5.58. The summed E-state index contributed by atoms with van der Waals surface area (Å²) in [5, 5.41) is 4.48. The van der Waals surface area contributed by atoms with Gasteiger partial charge in [0.1, 0.15) is 0 Å². The first-order valence-electron chi connectivity index (χ1n) is 9.99. The molecule has 154 valence electrons. The quantitative estimate of drug-likeness (QED) is 0.743. The number of sulfonamides is 1. The fourth-order valence-electron chi connectivity index (χ4n) is 3.82. The molecule has 1 aliphatic heterocycles. The predicted octanol–water partition coefficient (Wildman–Crippen LogP) is 2.74. The van der Waals surface area contributed by atoms with Crippen molar-refractivity contribution in [1.82, 2.24) is 19.0 Å². The highest BCUT2D eigenvalue weighted by Gasteiger charge is 2.29. The van der Waals surface area contributed by atoms with Crippen LogP contribution in [0.3, 0.4) is 0 Å². The van der Waals surface area contributed by atoms with Crippen LogP contribution in [0, 0.1) is 19.8 Å². The first-order valence-corrected chi connectivity index (χ1v) is 11.4. The molecule has 1 aromatic heterocycles. The van der Waals surface area contributed by atoms with Crippen molar-refractivity contribution in [1.29, 1.82) is 0 Å². The minimum absolute atomic E-state index is 0.396. The highest BCUT2D eigenvalue weighted by Crippen LogP contribution is 2.21. The molecule has 0 unspecified atom stereocenters. The maximum Gasteiger partial charge on any atom is 0.243 e. The van der Waals surface area contributed by atoms with Gasteiger partial charge in [-0.05, 0) is 43.9 Å². The van der Waals surface area contributed by atoms with Gasteiger partial charge in [0, 0.05) is 51.0 Å². The minimum atomic E-state index is -3.43.